The van der Waals surface area contributed by atoms with Crippen LogP contribution in [0.25, 0.3) is 54.6 Å². The lowest BCUT2D eigenvalue weighted by atomic mass is 9.81. The Bertz CT molecular complexity index is 2160. The Balaban J connectivity index is 1.43. The molecule has 0 amide bonds. The number of esters is 2. The van der Waals surface area contributed by atoms with E-state index >= 15 is 0 Å². The zero-order valence-electron chi connectivity index (χ0n) is 28.5. The van der Waals surface area contributed by atoms with Crippen LogP contribution in [-0.2, 0) is 37.5 Å². The van der Waals surface area contributed by atoms with Gasteiger partial charge < -0.3 is 9.47 Å². The van der Waals surface area contributed by atoms with E-state index in [1.807, 2.05) is 12.1 Å². The summed E-state index contributed by atoms with van der Waals surface area (Å²) in [6, 6.07) is 33.1. The highest BCUT2D eigenvalue weighted by Crippen LogP contribution is 2.45. The van der Waals surface area contributed by atoms with Gasteiger partial charge in [-0.3, -0.25) is 0 Å². The van der Waals surface area contributed by atoms with E-state index < -0.39 is 0 Å². The van der Waals surface area contributed by atoms with Gasteiger partial charge in [0, 0.05) is 11.1 Å². The summed E-state index contributed by atoms with van der Waals surface area (Å²) in [5.74, 6) is -0.729. The summed E-state index contributed by atoms with van der Waals surface area (Å²) in [6.07, 6.45) is 1.57. The van der Waals surface area contributed by atoms with Crippen LogP contribution in [0.15, 0.2) is 115 Å². The Morgan fingerprint density at radius 2 is 1.12 bits per heavy atom. The van der Waals surface area contributed by atoms with Crippen molar-refractivity contribution in [2.45, 2.75) is 59.5 Å². The van der Waals surface area contributed by atoms with Crippen LogP contribution in [0.1, 0.15) is 57.7 Å². The Morgan fingerprint density at radius 3 is 1.62 bits per heavy atom. The number of hydrogen-bond acceptors (Lipinski definition) is 4. The first kappa shape index (κ1) is 32.7. The molecule has 0 heterocycles. The van der Waals surface area contributed by atoms with Crippen LogP contribution in [0.4, 0.5) is 0 Å². The van der Waals surface area contributed by atoms with Crippen molar-refractivity contribution in [1.82, 2.24) is 0 Å². The van der Waals surface area contributed by atoms with Crippen LogP contribution in [0.3, 0.4) is 0 Å². The molecule has 6 aromatic rings. The smallest absolute Gasteiger partial charge is 0.333 e. The molecule has 0 saturated heterocycles. The van der Waals surface area contributed by atoms with E-state index in [4.69, 9.17) is 9.47 Å². The molecular formula is C44H42O4. The number of ether oxygens (including phenoxy) is 2. The summed E-state index contributed by atoms with van der Waals surface area (Å²) < 4.78 is 10.7. The molecule has 6 aromatic carbocycles. The molecule has 48 heavy (non-hydrogen) atoms. The third-order valence-electron chi connectivity index (χ3n) is 9.02. The number of carbonyl (C=O) groups excluding carboxylic acids is 2. The molecule has 0 radical (unpaired) electrons. The van der Waals surface area contributed by atoms with Crippen molar-refractivity contribution >= 4 is 44.3 Å². The molecule has 0 saturated carbocycles. The Kier molecular flexibility index (Phi) is 8.94. The molecule has 242 valence electrons. The van der Waals surface area contributed by atoms with Crippen molar-refractivity contribution < 1.29 is 19.1 Å². The van der Waals surface area contributed by atoms with Gasteiger partial charge in [-0.25, -0.2) is 9.59 Å². The van der Waals surface area contributed by atoms with E-state index in [-0.39, 0.29) is 24.0 Å². The Morgan fingerprint density at radius 1 is 0.625 bits per heavy atom. The van der Waals surface area contributed by atoms with E-state index in [1.165, 1.54) is 49.0 Å². The molecule has 0 fully saturated rings. The van der Waals surface area contributed by atoms with Crippen LogP contribution >= 0.6 is 0 Å². The van der Waals surface area contributed by atoms with E-state index in [0.29, 0.717) is 17.8 Å². The summed E-state index contributed by atoms with van der Waals surface area (Å²) in [5.41, 5.74) is 8.85. The summed E-state index contributed by atoms with van der Waals surface area (Å²) in [5, 5.41) is 7.47. The van der Waals surface area contributed by atoms with E-state index in [2.05, 4.69) is 113 Å². The van der Waals surface area contributed by atoms with Crippen molar-refractivity contribution in [3.8, 4) is 22.3 Å². The van der Waals surface area contributed by atoms with Crippen LogP contribution < -0.4 is 0 Å². The minimum Gasteiger partial charge on any atom is -0.462 e. The molecule has 0 bridgehead atoms. The maximum atomic E-state index is 12.0. The SMILES string of the molecule is C=C(C)C(=O)OCCCc1ccc(-c2cc(-c3ccc(COC(=O)C(=C)C)cc3)c3ccc4cc(C(C)(C)C)cc5ccc2c3c54)cc1. The minimum absolute atomic E-state index is 0.0369. The fraction of sp³-hybridized carbons (Fsp3) is 0.227. The average Bonchev–Trinajstić information content (AvgIpc) is 3.07. The second-order valence-corrected chi connectivity index (χ2v) is 13.9. The number of carbonyl (C=O) groups is 2. The first-order valence-electron chi connectivity index (χ1n) is 16.5. The summed E-state index contributed by atoms with van der Waals surface area (Å²) >= 11 is 0. The highest BCUT2D eigenvalue weighted by Gasteiger charge is 2.20. The molecular weight excluding hydrogens is 592 g/mol. The molecule has 6 rings (SSSR count). The molecule has 0 unspecified atom stereocenters. The van der Waals surface area contributed by atoms with Crippen molar-refractivity contribution in [2.24, 2.45) is 0 Å². The highest BCUT2D eigenvalue weighted by atomic mass is 16.5. The molecule has 0 aliphatic heterocycles. The highest BCUT2D eigenvalue weighted by molar-refractivity contribution is 6.28. The van der Waals surface area contributed by atoms with Gasteiger partial charge >= 0.3 is 11.9 Å². The lowest BCUT2D eigenvalue weighted by Crippen LogP contribution is -2.10. The Hall–Kier alpha value is -5.22. The second kappa shape index (κ2) is 13.1. The van der Waals surface area contributed by atoms with Gasteiger partial charge in [-0.2, -0.15) is 0 Å². The third-order valence-corrected chi connectivity index (χ3v) is 9.02. The van der Waals surface area contributed by atoms with Crippen LogP contribution in [-0.4, -0.2) is 18.5 Å². The van der Waals surface area contributed by atoms with Gasteiger partial charge in [0.15, 0.2) is 0 Å². The van der Waals surface area contributed by atoms with Gasteiger partial charge in [-0.05, 0) is 109 Å². The molecule has 4 nitrogen and oxygen atoms in total. The van der Waals surface area contributed by atoms with Crippen LogP contribution in [0.5, 0.6) is 0 Å². The predicted octanol–water partition coefficient (Wildman–Crippen LogP) is 10.9. The molecule has 4 heteroatoms. The minimum atomic E-state index is -0.387. The number of rotatable bonds is 10. The van der Waals surface area contributed by atoms with Crippen molar-refractivity contribution in [1.29, 1.82) is 0 Å². The lowest BCUT2D eigenvalue weighted by molar-refractivity contribution is -0.140. The maximum absolute atomic E-state index is 12.0. The first-order chi connectivity index (χ1) is 22.9. The largest absolute Gasteiger partial charge is 0.462 e. The lowest BCUT2D eigenvalue weighted by Gasteiger charge is -2.23. The van der Waals surface area contributed by atoms with E-state index in [9.17, 15) is 9.59 Å². The van der Waals surface area contributed by atoms with Crippen LogP contribution in [0, 0.1) is 0 Å². The van der Waals surface area contributed by atoms with Crippen molar-refractivity contribution in [3.63, 3.8) is 0 Å². The zero-order valence-corrected chi connectivity index (χ0v) is 28.5. The number of hydrogen-bond donors (Lipinski definition) is 0. The van der Waals surface area contributed by atoms with Crippen molar-refractivity contribution in [3.05, 3.63) is 132 Å². The van der Waals surface area contributed by atoms with Gasteiger partial charge in [0.2, 0.25) is 0 Å². The van der Waals surface area contributed by atoms with Gasteiger partial charge in [0.05, 0.1) is 6.61 Å². The van der Waals surface area contributed by atoms with Gasteiger partial charge in [0.1, 0.15) is 6.61 Å². The predicted molar refractivity (Wildman–Crippen MR) is 198 cm³/mol. The summed E-state index contributed by atoms with van der Waals surface area (Å²) in [7, 11) is 0. The molecule has 0 aliphatic rings. The molecule has 0 atom stereocenters. The number of aryl methyl sites for hydroxylation is 1. The fourth-order valence-corrected chi connectivity index (χ4v) is 6.29. The topological polar surface area (TPSA) is 52.6 Å². The number of benzene rings is 6. The van der Waals surface area contributed by atoms with E-state index in [1.54, 1.807) is 13.8 Å². The van der Waals surface area contributed by atoms with Gasteiger partial charge in [-0.15, -0.1) is 0 Å². The monoisotopic (exact) mass is 634 g/mol. The second-order valence-electron chi connectivity index (χ2n) is 13.9. The normalized spacial score (nSPS) is 11.7. The standard InChI is InChI=1S/C44H42O4/c1-27(2)42(45)47-22-8-9-29-10-14-31(15-11-29)38-25-39(32-16-12-30(13-17-32)26-48-43(46)28(3)4)37-21-19-34-24-35(44(5,6)7)23-33-18-20-36(38)41(37)40(33)34/h10-21,23-25H,1,3,8-9,22,26H2,2,4-7H3. The molecule has 0 spiro atoms. The van der Waals surface area contributed by atoms with Crippen molar-refractivity contribution in [2.75, 3.05) is 6.61 Å². The quantitative estimate of drug-likeness (QED) is 0.0651. The molecule has 0 aliphatic carbocycles. The maximum Gasteiger partial charge on any atom is 0.333 e. The summed E-state index contributed by atoms with van der Waals surface area (Å²) in [6.45, 7) is 18.0. The zero-order chi connectivity index (χ0) is 34.2. The molecule has 0 aromatic heterocycles. The third kappa shape index (κ3) is 6.61. The molecule has 0 N–H and O–H groups in total. The summed E-state index contributed by atoms with van der Waals surface area (Å²) in [4.78, 5) is 23.7. The average molecular weight is 635 g/mol. The Labute approximate surface area is 283 Å². The van der Waals surface area contributed by atoms with Gasteiger partial charge in [0.25, 0.3) is 0 Å². The van der Waals surface area contributed by atoms with Crippen LogP contribution in [0.2, 0.25) is 0 Å². The van der Waals surface area contributed by atoms with Gasteiger partial charge in [-0.1, -0.05) is 119 Å². The first-order valence-corrected chi connectivity index (χ1v) is 16.5. The van der Waals surface area contributed by atoms with E-state index in [0.717, 1.165) is 35.1 Å². The fourth-order valence-electron chi connectivity index (χ4n) is 6.29.